The molecule has 11 heavy (non-hydrogen) atoms. The summed E-state index contributed by atoms with van der Waals surface area (Å²) in [5, 5.41) is -0.108. The van der Waals surface area contributed by atoms with Gasteiger partial charge in [0.25, 0.3) is 5.24 Å². The van der Waals surface area contributed by atoms with Crippen LogP contribution in [0.2, 0.25) is 0 Å². The fourth-order valence-electron chi connectivity index (χ4n) is 0.867. The molecule has 1 aliphatic rings. The second-order valence-electron chi connectivity index (χ2n) is 2.31. The molecule has 1 aliphatic heterocycles. The zero-order chi connectivity index (χ0) is 8.27. The first kappa shape index (κ1) is 8.55. The van der Waals surface area contributed by atoms with Crippen molar-refractivity contribution in [2.45, 2.75) is 6.42 Å². The number of quaternary nitrogens is 1. The van der Waals surface area contributed by atoms with Crippen LogP contribution in [0, 0.1) is 0 Å². The first-order valence-electron chi connectivity index (χ1n) is 3.52. The molecule has 0 spiro atoms. The van der Waals surface area contributed by atoms with Gasteiger partial charge >= 0.3 is 0 Å². The van der Waals surface area contributed by atoms with Gasteiger partial charge in [-0.2, -0.15) is 0 Å². The van der Waals surface area contributed by atoms with Crippen molar-refractivity contribution in [3.63, 3.8) is 0 Å². The predicted molar refractivity (Wildman–Crippen MR) is 41.9 cm³/mol. The van der Waals surface area contributed by atoms with E-state index in [4.69, 9.17) is 0 Å². The molecular weight excluding hydrogens is 164 g/mol. The molecular formula is C6H11N2O2S+. The molecule has 0 radical (unpaired) electrons. The minimum Gasteiger partial charge on any atom is -0.358 e. The first-order chi connectivity index (χ1) is 5.25. The molecule has 2 amide bonds. The van der Waals surface area contributed by atoms with Gasteiger partial charge in [-0.15, -0.1) is 0 Å². The number of amides is 2. The van der Waals surface area contributed by atoms with Gasteiger partial charge in [-0.3, -0.25) is 14.5 Å². The highest BCUT2D eigenvalue weighted by Gasteiger charge is 2.28. The molecule has 0 aromatic heterocycles. The minimum atomic E-state index is -0.108. The highest BCUT2D eigenvalue weighted by atomic mass is 32.2. The molecule has 4 nitrogen and oxygen atoms in total. The lowest BCUT2D eigenvalue weighted by Gasteiger charge is -2.09. The standard InChI is InChI=1S/C6H10N2O2S/c7-2-1-3-8-5(9)4-11-6(8)10/h1-4,7H2/p+1. The van der Waals surface area contributed by atoms with E-state index < -0.39 is 0 Å². The van der Waals surface area contributed by atoms with Crippen LogP contribution in [0.25, 0.3) is 0 Å². The molecule has 0 aliphatic carbocycles. The summed E-state index contributed by atoms with van der Waals surface area (Å²) in [4.78, 5) is 23.2. The summed E-state index contributed by atoms with van der Waals surface area (Å²) in [6.07, 6.45) is 0.804. The van der Waals surface area contributed by atoms with Crippen LogP contribution in [-0.2, 0) is 4.79 Å². The summed E-state index contributed by atoms with van der Waals surface area (Å²) in [6.45, 7) is 1.30. The fourth-order valence-corrected chi connectivity index (χ4v) is 1.62. The maximum Gasteiger partial charge on any atom is 0.288 e. The number of nitrogens with zero attached hydrogens (tertiary/aromatic N) is 1. The molecule has 0 unspecified atom stereocenters. The van der Waals surface area contributed by atoms with Gasteiger partial charge in [0.15, 0.2) is 0 Å². The smallest absolute Gasteiger partial charge is 0.288 e. The maximum absolute atomic E-state index is 11.0. The lowest BCUT2D eigenvalue weighted by atomic mass is 10.4. The monoisotopic (exact) mass is 175 g/mol. The highest BCUT2D eigenvalue weighted by Crippen LogP contribution is 2.18. The fraction of sp³-hybridized carbons (Fsp3) is 0.667. The summed E-state index contributed by atoms with van der Waals surface area (Å²) in [6, 6.07) is 0. The van der Waals surface area contributed by atoms with Crippen LogP contribution in [0.15, 0.2) is 0 Å². The molecule has 1 fully saturated rings. The Bertz CT molecular complexity index is 167. The van der Waals surface area contributed by atoms with Crippen LogP contribution < -0.4 is 5.73 Å². The number of carbonyl (C=O) groups is 2. The van der Waals surface area contributed by atoms with Gasteiger partial charge < -0.3 is 5.73 Å². The Morgan fingerprint density at radius 2 is 2.27 bits per heavy atom. The quantitative estimate of drug-likeness (QED) is 0.617. The minimum absolute atomic E-state index is 0.0616. The Kier molecular flexibility index (Phi) is 2.90. The van der Waals surface area contributed by atoms with Crippen molar-refractivity contribution in [1.82, 2.24) is 4.90 Å². The van der Waals surface area contributed by atoms with Gasteiger partial charge in [-0.05, 0) is 0 Å². The van der Waals surface area contributed by atoms with E-state index in [1.165, 1.54) is 4.90 Å². The van der Waals surface area contributed by atoms with E-state index >= 15 is 0 Å². The van der Waals surface area contributed by atoms with Crippen molar-refractivity contribution in [1.29, 1.82) is 0 Å². The van der Waals surface area contributed by atoms with Crippen molar-refractivity contribution in [3.8, 4) is 0 Å². The molecule has 1 rings (SSSR count). The van der Waals surface area contributed by atoms with E-state index in [1.54, 1.807) is 0 Å². The van der Waals surface area contributed by atoms with E-state index in [0.717, 1.165) is 24.7 Å². The first-order valence-corrected chi connectivity index (χ1v) is 4.50. The maximum atomic E-state index is 11.0. The normalized spacial score (nSPS) is 18.1. The van der Waals surface area contributed by atoms with Gasteiger partial charge in [0.05, 0.1) is 12.3 Å². The average Bonchev–Trinajstić information content (AvgIpc) is 2.29. The van der Waals surface area contributed by atoms with Crippen molar-refractivity contribution in [3.05, 3.63) is 0 Å². The van der Waals surface area contributed by atoms with Gasteiger partial charge in [-0.25, -0.2) is 0 Å². The summed E-state index contributed by atoms with van der Waals surface area (Å²) in [7, 11) is 0. The van der Waals surface area contributed by atoms with E-state index in [-0.39, 0.29) is 11.1 Å². The lowest BCUT2D eigenvalue weighted by molar-refractivity contribution is -0.368. The van der Waals surface area contributed by atoms with Crippen LogP contribution >= 0.6 is 11.8 Å². The van der Waals surface area contributed by atoms with Crippen LogP contribution in [0.5, 0.6) is 0 Å². The Morgan fingerprint density at radius 1 is 1.55 bits per heavy atom. The summed E-state index contributed by atoms with van der Waals surface area (Å²) in [5.74, 6) is 0.254. The molecule has 5 heteroatoms. The zero-order valence-electron chi connectivity index (χ0n) is 6.21. The summed E-state index contributed by atoms with van der Waals surface area (Å²) >= 11 is 1.08. The molecule has 3 N–H and O–H groups in total. The molecule has 0 aromatic carbocycles. The number of imide groups is 1. The average molecular weight is 175 g/mol. The molecule has 1 heterocycles. The second-order valence-corrected chi connectivity index (χ2v) is 3.23. The lowest BCUT2D eigenvalue weighted by Crippen LogP contribution is -2.51. The molecule has 0 atom stereocenters. The third-order valence-corrected chi connectivity index (χ3v) is 2.33. The molecule has 1 saturated heterocycles. The largest absolute Gasteiger partial charge is 0.358 e. The van der Waals surface area contributed by atoms with Gasteiger partial charge in [0.1, 0.15) is 0 Å². The molecule has 62 valence electrons. The van der Waals surface area contributed by atoms with Crippen molar-refractivity contribution in [2.24, 2.45) is 0 Å². The van der Waals surface area contributed by atoms with Gasteiger partial charge in [0.2, 0.25) is 5.91 Å². The van der Waals surface area contributed by atoms with E-state index in [2.05, 4.69) is 5.73 Å². The summed E-state index contributed by atoms with van der Waals surface area (Å²) < 4.78 is 0. The third-order valence-electron chi connectivity index (χ3n) is 1.47. The van der Waals surface area contributed by atoms with Crippen LogP contribution in [-0.4, -0.2) is 34.9 Å². The Balaban J connectivity index is 2.41. The number of carbonyl (C=O) groups excluding carboxylic acids is 2. The van der Waals surface area contributed by atoms with E-state index in [1.807, 2.05) is 0 Å². The highest BCUT2D eigenvalue weighted by molar-refractivity contribution is 8.14. The number of hydrogen-bond donors (Lipinski definition) is 1. The SMILES string of the molecule is [NH3+]CCCN1C(=O)CSC1=O. The third kappa shape index (κ3) is 1.94. The topological polar surface area (TPSA) is 65.0 Å². The van der Waals surface area contributed by atoms with Crippen molar-refractivity contribution < 1.29 is 15.3 Å². The molecule has 0 aromatic rings. The van der Waals surface area contributed by atoms with Gasteiger partial charge in [0, 0.05) is 13.0 Å². The Labute approximate surface area is 69.1 Å². The second kappa shape index (κ2) is 3.73. The number of hydrogen-bond acceptors (Lipinski definition) is 3. The van der Waals surface area contributed by atoms with E-state index in [0.29, 0.717) is 12.3 Å². The van der Waals surface area contributed by atoms with Crippen molar-refractivity contribution in [2.75, 3.05) is 18.8 Å². The number of rotatable bonds is 3. The molecule has 0 saturated carbocycles. The predicted octanol–water partition coefficient (Wildman–Crippen LogP) is -0.686. The van der Waals surface area contributed by atoms with E-state index in [9.17, 15) is 9.59 Å². The summed E-state index contributed by atoms with van der Waals surface area (Å²) in [5.41, 5.74) is 3.64. The van der Waals surface area contributed by atoms with Crippen molar-refractivity contribution >= 4 is 22.9 Å². The Hall–Kier alpha value is -0.550. The van der Waals surface area contributed by atoms with Crippen LogP contribution in [0.1, 0.15) is 6.42 Å². The number of thioether (sulfide) groups is 1. The van der Waals surface area contributed by atoms with Crippen LogP contribution in [0.3, 0.4) is 0 Å². The van der Waals surface area contributed by atoms with Gasteiger partial charge in [-0.1, -0.05) is 11.8 Å². The zero-order valence-corrected chi connectivity index (χ0v) is 7.02. The molecule has 0 bridgehead atoms. The Morgan fingerprint density at radius 3 is 2.73 bits per heavy atom. The van der Waals surface area contributed by atoms with Crippen LogP contribution in [0.4, 0.5) is 4.79 Å².